The van der Waals surface area contributed by atoms with Crippen LogP contribution in [0.5, 0.6) is 0 Å². The summed E-state index contributed by atoms with van der Waals surface area (Å²) in [5.74, 6) is 1.16. The van der Waals surface area contributed by atoms with Gasteiger partial charge in [-0.05, 0) is 25.7 Å². The first kappa shape index (κ1) is 19.9. The van der Waals surface area contributed by atoms with E-state index >= 15 is 0 Å². The molecule has 2 aromatic heterocycles. The largest absolute Gasteiger partial charge is 0.438 e. The number of hydrogen-bond donors (Lipinski definition) is 2. The molecule has 1 aromatic carbocycles. The fourth-order valence-electron chi connectivity index (χ4n) is 3.71. The van der Waals surface area contributed by atoms with Gasteiger partial charge in [0.15, 0.2) is 5.76 Å². The molecule has 0 unspecified atom stereocenters. The summed E-state index contributed by atoms with van der Waals surface area (Å²) in [6.45, 7) is 4.70. The lowest BCUT2D eigenvalue weighted by molar-refractivity contribution is -0.119. The molecule has 3 aromatic rings. The summed E-state index contributed by atoms with van der Waals surface area (Å²) in [4.78, 5) is 28.4. The first-order valence-electron chi connectivity index (χ1n) is 10.1. The van der Waals surface area contributed by atoms with Crippen molar-refractivity contribution >= 4 is 11.8 Å². The molecule has 0 aliphatic carbocycles. The van der Waals surface area contributed by atoms with E-state index in [0.29, 0.717) is 36.1 Å². The van der Waals surface area contributed by atoms with Crippen LogP contribution in [0.1, 0.15) is 48.3 Å². The van der Waals surface area contributed by atoms with E-state index < -0.39 is 0 Å². The number of fused-ring (bicyclic) bond motifs is 1. The van der Waals surface area contributed by atoms with E-state index in [9.17, 15) is 9.59 Å². The van der Waals surface area contributed by atoms with Gasteiger partial charge in [-0.2, -0.15) is 5.10 Å². The zero-order valence-corrected chi connectivity index (χ0v) is 17.1. The van der Waals surface area contributed by atoms with Crippen LogP contribution in [0.3, 0.4) is 0 Å². The van der Waals surface area contributed by atoms with E-state index in [-0.39, 0.29) is 17.9 Å². The Morgan fingerprint density at radius 1 is 1.27 bits per heavy atom. The van der Waals surface area contributed by atoms with Gasteiger partial charge in [0.25, 0.3) is 5.91 Å². The van der Waals surface area contributed by atoms with Gasteiger partial charge in [0.1, 0.15) is 6.04 Å². The highest BCUT2D eigenvalue weighted by atomic mass is 16.4. The van der Waals surface area contributed by atoms with Crippen molar-refractivity contribution in [3.05, 3.63) is 59.9 Å². The lowest BCUT2D eigenvalue weighted by Gasteiger charge is -2.24. The van der Waals surface area contributed by atoms with Gasteiger partial charge >= 0.3 is 0 Å². The smallest absolute Gasteiger partial charge is 0.255 e. The number of oxazole rings is 1. The molecule has 156 valence electrons. The number of rotatable bonds is 6. The van der Waals surface area contributed by atoms with Crippen LogP contribution in [0.2, 0.25) is 0 Å². The summed E-state index contributed by atoms with van der Waals surface area (Å²) >= 11 is 0. The molecule has 8 nitrogen and oxygen atoms in total. The Morgan fingerprint density at radius 2 is 2.07 bits per heavy atom. The summed E-state index contributed by atoms with van der Waals surface area (Å²) in [7, 11) is 0. The van der Waals surface area contributed by atoms with Crippen LogP contribution < -0.4 is 10.6 Å². The number of benzene rings is 1. The maximum absolute atomic E-state index is 12.9. The molecular formula is C22H25N5O3. The number of nitrogens with one attached hydrogen (secondary N) is 2. The second-order valence-corrected chi connectivity index (χ2v) is 7.65. The van der Waals surface area contributed by atoms with Crippen molar-refractivity contribution in [2.45, 2.75) is 39.3 Å². The maximum Gasteiger partial charge on any atom is 0.255 e. The third-order valence-electron chi connectivity index (χ3n) is 5.36. The van der Waals surface area contributed by atoms with Crippen molar-refractivity contribution in [2.75, 3.05) is 6.54 Å². The Balaban J connectivity index is 1.43. The summed E-state index contributed by atoms with van der Waals surface area (Å²) in [5, 5.41) is 10.2. The van der Waals surface area contributed by atoms with Crippen molar-refractivity contribution in [3.63, 3.8) is 0 Å². The van der Waals surface area contributed by atoms with Crippen LogP contribution in [-0.2, 0) is 17.8 Å². The summed E-state index contributed by atoms with van der Waals surface area (Å²) in [6.07, 6.45) is 4.91. The Bertz CT molecular complexity index is 1040. The summed E-state index contributed by atoms with van der Waals surface area (Å²) in [5.41, 5.74) is 2.40. The first-order valence-corrected chi connectivity index (χ1v) is 10.1. The average Bonchev–Trinajstić information content (AvgIpc) is 3.40. The lowest BCUT2D eigenvalue weighted by Crippen LogP contribution is -2.33. The maximum atomic E-state index is 12.9. The predicted molar refractivity (Wildman–Crippen MR) is 111 cm³/mol. The molecule has 1 aliphatic rings. The number of carbonyl (C=O) groups excluding carboxylic acids is 2. The summed E-state index contributed by atoms with van der Waals surface area (Å²) in [6, 6.07) is 9.32. The Labute approximate surface area is 174 Å². The molecule has 30 heavy (non-hydrogen) atoms. The average molecular weight is 407 g/mol. The zero-order valence-electron chi connectivity index (χ0n) is 17.1. The molecular weight excluding hydrogens is 382 g/mol. The second kappa shape index (κ2) is 8.52. The van der Waals surface area contributed by atoms with Gasteiger partial charge in [-0.1, -0.05) is 30.3 Å². The standard InChI is InChI=1S/C22H25N5O3/c1-14(22-24-13-20(30-22)17-6-4-3-5-7-17)26-21(29)18-12-25-27-9-8-16(10-19(18)27)11-23-15(2)28/h3-7,12-14,16H,8-11H2,1-2H3,(H,23,28)(H,26,29)/t14-,16+/m1/s1. The van der Waals surface area contributed by atoms with Crippen molar-refractivity contribution in [2.24, 2.45) is 5.92 Å². The Hall–Kier alpha value is -3.42. The molecule has 4 rings (SSSR count). The Kier molecular flexibility index (Phi) is 5.65. The van der Waals surface area contributed by atoms with Crippen LogP contribution >= 0.6 is 0 Å². The minimum Gasteiger partial charge on any atom is -0.438 e. The van der Waals surface area contributed by atoms with Crippen LogP contribution in [0.15, 0.2) is 47.1 Å². The SMILES string of the molecule is CC(=O)NC[C@H]1CCn2ncc(C(=O)N[C@H](C)c3ncc(-c4ccccc4)o3)c2C1. The monoisotopic (exact) mass is 407 g/mol. The van der Waals surface area contributed by atoms with Crippen LogP contribution in [0, 0.1) is 5.92 Å². The van der Waals surface area contributed by atoms with Crippen molar-refractivity contribution in [1.29, 1.82) is 0 Å². The van der Waals surface area contributed by atoms with E-state index in [1.54, 1.807) is 12.4 Å². The van der Waals surface area contributed by atoms with Gasteiger partial charge < -0.3 is 15.1 Å². The molecule has 2 atom stereocenters. The minimum absolute atomic E-state index is 0.0401. The van der Waals surface area contributed by atoms with E-state index in [1.807, 2.05) is 41.9 Å². The Morgan fingerprint density at radius 3 is 2.83 bits per heavy atom. The molecule has 0 saturated heterocycles. The lowest BCUT2D eigenvalue weighted by atomic mass is 9.94. The number of carbonyl (C=O) groups is 2. The van der Waals surface area contributed by atoms with Crippen molar-refractivity contribution in [1.82, 2.24) is 25.4 Å². The van der Waals surface area contributed by atoms with E-state index in [1.165, 1.54) is 6.92 Å². The predicted octanol–water partition coefficient (Wildman–Crippen LogP) is 2.73. The van der Waals surface area contributed by atoms with Crippen molar-refractivity contribution in [3.8, 4) is 11.3 Å². The second-order valence-electron chi connectivity index (χ2n) is 7.65. The van der Waals surface area contributed by atoms with Crippen molar-refractivity contribution < 1.29 is 14.0 Å². The minimum atomic E-state index is -0.385. The third-order valence-corrected chi connectivity index (χ3v) is 5.36. The molecule has 0 saturated carbocycles. The molecule has 8 heteroatoms. The molecule has 2 amide bonds. The van der Waals surface area contributed by atoms with E-state index in [2.05, 4.69) is 20.7 Å². The van der Waals surface area contributed by atoms with Gasteiger partial charge in [-0.3, -0.25) is 14.3 Å². The highest BCUT2D eigenvalue weighted by molar-refractivity contribution is 5.95. The number of hydrogen-bond acceptors (Lipinski definition) is 5. The molecule has 0 bridgehead atoms. The van der Waals surface area contributed by atoms with Gasteiger partial charge in [-0.25, -0.2) is 4.98 Å². The van der Waals surface area contributed by atoms with Gasteiger partial charge in [0.2, 0.25) is 11.8 Å². The molecule has 1 aliphatic heterocycles. The van der Waals surface area contributed by atoms with Gasteiger partial charge in [0, 0.05) is 25.6 Å². The molecule has 0 radical (unpaired) electrons. The number of aromatic nitrogens is 3. The molecule has 2 N–H and O–H groups in total. The van der Waals surface area contributed by atoms with Crippen LogP contribution in [0.25, 0.3) is 11.3 Å². The zero-order chi connectivity index (χ0) is 21.1. The fourth-order valence-corrected chi connectivity index (χ4v) is 3.71. The summed E-state index contributed by atoms with van der Waals surface area (Å²) < 4.78 is 7.72. The molecule has 0 spiro atoms. The topological polar surface area (TPSA) is 102 Å². The van der Waals surface area contributed by atoms with E-state index in [4.69, 9.17) is 4.42 Å². The molecule has 3 heterocycles. The van der Waals surface area contributed by atoms with Gasteiger partial charge in [0.05, 0.1) is 23.7 Å². The number of amides is 2. The van der Waals surface area contributed by atoms with Crippen LogP contribution in [0.4, 0.5) is 0 Å². The highest BCUT2D eigenvalue weighted by Crippen LogP contribution is 2.25. The van der Waals surface area contributed by atoms with Crippen LogP contribution in [-0.4, -0.2) is 33.1 Å². The van der Waals surface area contributed by atoms with Gasteiger partial charge in [-0.15, -0.1) is 0 Å². The molecule has 0 fully saturated rings. The van der Waals surface area contributed by atoms with E-state index in [0.717, 1.165) is 24.2 Å². The highest BCUT2D eigenvalue weighted by Gasteiger charge is 2.26. The fraction of sp³-hybridized carbons (Fsp3) is 0.364. The number of aryl methyl sites for hydroxylation is 1. The number of nitrogens with zero attached hydrogens (tertiary/aromatic N) is 3. The normalized spacial score (nSPS) is 16.5. The first-order chi connectivity index (χ1) is 14.5. The quantitative estimate of drug-likeness (QED) is 0.654. The third kappa shape index (κ3) is 4.27.